The number of hydrogen-bond acceptors (Lipinski definition) is 23. The van der Waals surface area contributed by atoms with Gasteiger partial charge in [-0.15, -0.1) is 11.3 Å². The molecule has 6 atom stereocenters. The van der Waals surface area contributed by atoms with Crippen LogP contribution in [0.2, 0.25) is 0 Å². The van der Waals surface area contributed by atoms with Gasteiger partial charge in [0.1, 0.15) is 0 Å². The highest BCUT2D eigenvalue weighted by Gasteiger charge is 2.43. The number of rotatable bonds is 40. The number of amides is 6. The molecule has 96 heavy (non-hydrogen) atoms. The molecular formula is C66H97N15O13S2. The lowest BCUT2D eigenvalue weighted by molar-refractivity contribution is -0.134. The number of carbonyl (C=O) groups excluding carboxylic acids is 6. The van der Waals surface area contributed by atoms with Gasteiger partial charge in [0.25, 0.3) is 0 Å². The van der Waals surface area contributed by atoms with E-state index >= 15 is 0 Å². The van der Waals surface area contributed by atoms with E-state index in [1.165, 1.54) is 11.0 Å². The van der Waals surface area contributed by atoms with Crippen molar-refractivity contribution in [3.05, 3.63) is 47.5 Å². The molecule has 6 aliphatic rings. The highest BCUT2D eigenvalue weighted by atomic mass is 32.2. The minimum absolute atomic E-state index is 0.00468. The van der Waals surface area contributed by atoms with Gasteiger partial charge in [0.15, 0.2) is 17.4 Å². The number of fused-ring (bicyclic) bond motifs is 4. The van der Waals surface area contributed by atoms with Crippen LogP contribution in [0.15, 0.2) is 53.0 Å². The number of ether oxygens (including phenoxy) is 7. The molecule has 6 amide bonds. The topological polar surface area (TPSA) is 311 Å². The van der Waals surface area contributed by atoms with Crippen molar-refractivity contribution in [1.29, 1.82) is 0 Å². The largest absolute Gasteiger partial charge is 0.380 e. The van der Waals surface area contributed by atoms with E-state index in [9.17, 15) is 28.8 Å². The number of ketones is 1. The molecule has 10 rings (SSSR count). The molecule has 30 heteroatoms. The number of allylic oxidation sites excluding steroid dienone is 1. The monoisotopic (exact) mass is 1370 g/mol. The van der Waals surface area contributed by atoms with Crippen molar-refractivity contribution in [1.82, 2.24) is 61.1 Å². The van der Waals surface area contributed by atoms with Gasteiger partial charge in [-0.1, -0.05) is 29.9 Å². The van der Waals surface area contributed by atoms with Gasteiger partial charge in [-0.3, -0.25) is 39.0 Å². The minimum atomic E-state index is -0.201. The van der Waals surface area contributed by atoms with Crippen LogP contribution in [0.1, 0.15) is 88.3 Å². The molecule has 5 N–H and O–H groups in total. The molecule has 28 nitrogen and oxygen atoms in total. The first-order valence-corrected chi connectivity index (χ1v) is 36.3. The molecule has 9 heterocycles. The normalized spacial score (nSPS) is 21.4. The Labute approximate surface area is 569 Å². The number of piperazine rings is 1. The second-order valence-corrected chi connectivity index (χ2v) is 27.3. The van der Waals surface area contributed by atoms with Gasteiger partial charge < -0.3 is 69.1 Å². The number of carbonyl (C=O) groups is 6. The first kappa shape index (κ1) is 72.3. The number of likely N-dealkylation sites (tertiary alicyclic amines) is 1. The molecule has 0 aliphatic carbocycles. The molecular weight excluding hydrogens is 1270 g/mol. The summed E-state index contributed by atoms with van der Waals surface area (Å²) in [6.45, 7) is 13.0. The summed E-state index contributed by atoms with van der Waals surface area (Å²) < 4.78 is 41.0. The van der Waals surface area contributed by atoms with Crippen LogP contribution in [0.5, 0.6) is 0 Å². The smallest absolute Gasteiger partial charge is 0.315 e. The molecule has 0 saturated carbocycles. The quantitative estimate of drug-likeness (QED) is 0.0230. The van der Waals surface area contributed by atoms with E-state index < -0.39 is 0 Å². The van der Waals surface area contributed by atoms with Crippen LogP contribution >= 0.6 is 23.1 Å². The van der Waals surface area contributed by atoms with Gasteiger partial charge in [0, 0.05) is 158 Å². The Balaban J connectivity index is 0.505. The number of anilines is 1. The molecule has 6 aliphatic heterocycles. The summed E-state index contributed by atoms with van der Waals surface area (Å²) in [6.07, 6.45) is 12.1. The van der Waals surface area contributed by atoms with Crippen molar-refractivity contribution in [2.45, 2.75) is 126 Å². The third-order valence-electron chi connectivity index (χ3n) is 18.1. The van der Waals surface area contributed by atoms with Gasteiger partial charge in [0.05, 0.1) is 125 Å². The van der Waals surface area contributed by atoms with E-state index in [2.05, 4.69) is 57.7 Å². The Morgan fingerprint density at radius 2 is 1.49 bits per heavy atom. The van der Waals surface area contributed by atoms with Gasteiger partial charge in [-0.2, -0.15) is 22.0 Å². The van der Waals surface area contributed by atoms with Crippen molar-refractivity contribution in [3.8, 4) is 11.4 Å². The van der Waals surface area contributed by atoms with Crippen LogP contribution in [0.25, 0.3) is 32.5 Å². The van der Waals surface area contributed by atoms with Crippen molar-refractivity contribution < 1.29 is 61.9 Å². The van der Waals surface area contributed by atoms with Crippen LogP contribution in [-0.4, -0.2) is 275 Å². The number of methoxy groups -OCH3 is 1. The van der Waals surface area contributed by atoms with E-state index in [0.29, 0.717) is 162 Å². The summed E-state index contributed by atoms with van der Waals surface area (Å²) in [4.78, 5) is 95.5. The van der Waals surface area contributed by atoms with Crippen molar-refractivity contribution in [3.63, 3.8) is 0 Å². The molecule has 4 aromatic rings. The number of H-pyrrole nitrogens is 1. The Bertz CT molecular complexity index is 3200. The third kappa shape index (κ3) is 22.0. The second kappa shape index (κ2) is 38.6. The lowest BCUT2D eigenvalue weighted by Gasteiger charge is -2.35. The number of hydrogen-bond donors (Lipinski definition) is 5. The molecule has 5 fully saturated rings. The fourth-order valence-electron chi connectivity index (χ4n) is 12.8. The van der Waals surface area contributed by atoms with Crippen LogP contribution < -0.4 is 26.2 Å². The molecule has 0 radical (unpaired) electrons. The number of aromatic amines is 1. The van der Waals surface area contributed by atoms with Crippen LogP contribution in [0.4, 0.5) is 10.6 Å². The zero-order chi connectivity index (χ0) is 66.7. The fourth-order valence-corrected chi connectivity index (χ4v) is 15.5. The predicted octanol–water partition coefficient (Wildman–Crippen LogP) is 4.67. The summed E-state index contributed by atoms with van der Waals surface area (Å²) in [5.41, 5.74) is 2.79. The molecule has 5 saturated heterocycles. The number of thiophene rings is 1. The number of nitrogens with zero attached hydrogens (tertiary/aromatic N) is 10. The van der Waals surface area contributed by atoms with E-state index in [1.54, 1.807) is 24.5 Å². The van der Waals surface area contributed by atoms with Crippen LogP contribution in [-0.2, 0) is 63.7 Å². The molecule has 0 spiro atoms. The maximum atomic E-state index is 13.5. The van der Waals surface area contributed by atoms with E-state index in [4.69, 9.17) is 43.1 Å². The molecule has 3 aromatic heterocycles. The first-order valence-electron chi connectivity index (χ1n) is 34.4. The Kier molecular flexibility index (Phi) is 29.1. The van der Waals surface area contributed by atoms with Crippen LogP contribution in [0, 0.1) is 0 Å². The Morgan fingerprint density at radius 1 is 0.760 bits per heavy atom. The first-order chi connectivity index (χ1) is 47.0. The predicted molar refractivity (Wildman–Crippen MR) is 364 cm³/mol. The lowest BCUT2D eigenvalue weighted by Crippen LogP contribution is -2.48. The van der Waals surface area contributed by atoms with Crippen molar-refractivity contribution >= 4 is 85.5 Å². The van der Waals surface area contributed by atoms with E-state index in [-0.39, 0.29) is 98.0 Å². The molecule has 6 unspecified atom stereocenters. The number of nitrogens with one attached hydrogen (secondary N) is 5. The maximum Gasteiger partial charge on any atom is 0.315 e. The Morgan fingerprint density at radius 3 is 2.26 bits per heavy atom. The highest BCUT2D eigenvalue weighted by molar-refractivity contribution is 8.00. The minimum Gasteiger partial charge on any atom is -0.380 e. The fraction of sp³-hybridized carbons (Fsp3) is 0.682. The summed E-state index contributed by atoms with van der Waals surface area (Å²) in [5, 5.41) is 31.6. The maximum absolute atomic E-state index is 13.5. The summed E-state index contributed by atoms with van der Waals surface area (Å²) in [5.74, 6) is 2.37. The van der Waals surface area contributed by atoms with Gasteiger partial charge in [0.2, 0.25) is 23.6 Å². The number of unbranched alkanes of at least 4 members (excludes halogenated alkanes) is 1. The van der Waals surface area contributed by atoms with Crippen molar-refractivity contribution in [2.75, 3.05) is 169 Å². The van der Waals surface area contributed by atoms with Crippen molar-refractivity contribution in [2.24, 2.45) is 10.3 Å². The van der Waals surface area contributed by atoms with E-state index in [0.717, 1.165) is 96.7 Å². The highest BCUT2D eigenvalue weighted by Crippen LogP contribution is 2.37. The average Bonchev–Trinajstić information content (AvgIpc) is 1.73. The van der Waals surface area contributed by atoms with E-state index in [1.807, 2.05) is 51.0 Å². The van der Waals surface area contributed by atoms with Gasteiger partial charge >= 0.3 is 6.03 Å². The summed E-state index contributed by atoms with van der Waals surface area (Å²) >= 11 is 3.62. The average molecular weight is 1370 g/mol. The number of urea groups is 1. The van der Waals surface area contributed by atoms with Gasteiger partial charge in [-0.05, 0) is 56.7 Å². The number of thioether (sulfide) groups is 1. The number of aromatic nitrogens is 4. The zero-order valence-corrected chi connectivity index (χ0v) is 57.1. The Hall–Kier alpha value is -6.48. The summed E-state index contributed by atoms with van der Waals surface area (Å²) in [7, 11) is 1.65. The summed E-state index contributed by atoms with van der Waals surface area (Å²) in [6, 6.07) is 8.51. The lowest BCUT2D eigenvalue weighted by atomic mass is 9.96. The van der Waals surface area contributed by atoms with Gasteiger partial charge in [-0.25, -0.2) is 14.8 Å². The molecule has 0 bridgehead atoms. The number of morpholine rings is 1. The molecule has 526 valence electrons. The third-order valence-corrected chi connectivity index (χ3v) is 20.7. The second-order valence-electron chi connectivity index (χ2n) is 24.9. The zero-order valence-electron chi connectivity index (χ0n) is 55.5. The molecule has 1 aromatic carbocycles. The van der Waals surface area contributed by atoms with Crippen LogP contribution in [0.3, 0.4) is 0 Å². The number of benzene rings is 1. The SMILES string of the molecule is COC1CC2N=NN(CCOCCOCC=CC(=O)CCC(=O)N3CCN(Cc4cc5nc(-c6cccc7[nH]ncc67)nc(N6CCOCC6)c5s4)CC3)C2CCN(C(=O)CCCC(=O)NCCCOCCOCCOCCCNC(=O)CCCCC2SCC3NC(=O)NC32)C1. The standard InChI is InChI=1S/C66H97N15O13S2/c1-88-48-41-53-56(18-21-80(44-48)60(85)15-5-14-59(84)68-20-8-31-91-37-40-94-39-36-90-30-7-19-67-58(83)13-3-2-12-57-62-55(46-95-57)71-66(87)72-62)81(76-75-53)28-34-93-38-35-89-29-6-9-47(82)16-17-61(86)78-24-22-77(23-25-78)45-49-42-54-63(96-49)65(79-26-32-92-33-27-79)73-64(70-54)50-10-4-11-52-51(50)43-69-74-52/h4,6,9-11,42-43,48,53,55-57,62H,2-3,5,7-8,12-41,44-46H2,1H3,(H,67,83)(H,68,84)(H,69,74)(H2,71,72,87).